The molecule has 1 N–H and O–H groups in total. The molecule has 0 unspecified atom stereocenters. The maximum Gasteiger partial charge on any atom is 0.341 e. The van der Waals surface area contributed by atoms with Crippen LogP contribution in [0.3, 0.4) is 0 Å². The van der Waals surface area contributed by atoms with Crippen molar-refractivity contribution in [2.45, 2.75) is 18.8 Å². The number of hydrogen-bond acceptors (Lipinski definition) is 5. The number of nitrogens with zero attached hydrogens (tertiary/aromatic N) is 2. The summed E-state index contributed by atoms with van der Waals surface area (Å²) in [5.41, 5.74) is 2.77. The van der Waals surface area contributed by atoms with Crippen molar-refractivity contribution in [1.82, 2.24) is 10.1 Å². The highest BCUT2D eigenvalue weighted by atomic mass is 32.1. The van der Waals surface area contributed by atoms with Gasteiger partial charge in [-0.3, -0.25) is 0 Å². The minimum atomic E-state index is -1.02. The molecular weight excluding hydrogens is 228 g/mol. The van der Waals surface area contributed by atoms with E-state index in [-0.39, 0.29) is 5.56 Å². The molecule has 3 rings (SSSR count). The number of thiazole rings is 1. The Bertz CT molecular complexity index is 542. The lowest BCUT2D eigenvalue weighted by Gasteiger charge is -1.97. The summed E-state index contributed by atoms with van der Waals surface area (Å²) in [5, 5.41) is 12.5. The largest absolute Gasteiger partial charge is 0.477 e. The molecule has 1 aliphatic carbocycles. The summed E-state index contributed by atoms with van der Waals surface area (Å²) >= 11 is 1.40. The topological polar surface area (TPSA) is 76.2 Å². The zero-order chi connectivity index (χ0) is 11.1. The second kappa shape index (κ2) is 3.41. The minimum Gasteiger partial charge on any atom is -0.477 e. The molecule has 0 bridgehead atoms. The lowest BCUT2D eigenvalue weighted by molar-refractivity contribution is 0.0697. The first-order chi connectivity index (χ1) is 7.77. The molecule has 2 aromatic rings. The van der Waals surface area contributed by atoms with Gasteiger partial charge in [-0.1, -0.05) is 5.16 Å². The Kier molecular flexibility index (Phi) is 2.03. The van der Waals surface area contributed by atoms with Gasteiger partial charge in [0, 0.05) is 5.92 Å². The number of carbonyl (C=O) groups is 1. The van der Waals surface area contributed by atoms with Gasteiger partial charge in [-0.25, -0.2) is 9.78 Å². The Balaban J connectivity index is 2.10. The molecule has 2 aromatic heterocycles. The van der Waals surface area contributed by atoms with E-state index >= 15 is 0 Å². The molecule has 0 aromatic carbocycles. The zero-order valence-electron chi connectivity index (χ0n) is 8.21. The van der Waals surface area contributed by atoms with E-state index in [2.05, 4.69) is 10.1 Å². The van der Waals surface area contributed by atoms with Crippen LogP contribution in [0.5, 0.6) is 0 Å². The Morgan fingerprint density at radius 1 is 1.56 bits per heavy atom. The molecule has 0 radical (unpaired) electrons. The zero-order valence-corrected chi connectivity index (χ0v) is 9.03. The fraction of sp³-hybridized carbons (Fsp3) is 0.300. The Morgan fingerprint density at radius 2 is 2.38 bits per heavy atom. The quantitative estimate of drug-likeness (QED) is 0.885. The molecule has 2 heterocycles. The van der Waals surface area contributed by atoms with Crippen molar-refractivity contribution in [3.63, 3.8) is 0 Å². The summed E-state index contributed by atoms with van der Waals surface area (Å²) in [4.78, 5) is 16.0. The van der Waals surface area contributed by atoms with E-state index in [1.165, 1.54) is 17.5 Å². The van der Waals surface area contributed by atoms with E-state index < -0.39 is 5.97 Å². The van der Waals surface area contributed by atoms with Crippen molar-refractivity contribution in [1.29, 1.82) is 0 Å². The van der Waals surface area contributed by atoms with Crippen LogP contribution in [0.4, 0.5) is 0 Å². The molecule has 0 saturated heterocycles. The molecule has 0 spiro atoms. The minimum absolute atomic E-state index is 0.103. The van der Waals surface area contributed by atoms with Gasteiger partial charge in [-0.2, -0.15) is 0 Å². The normalized spacial score (nSPS) is 15.2. The van der Waals surface area contributed by atoms with Crippen LogP contribution in [0.2, 0.25) is 0 Å². The van der Waals surface area contributed by atoms with Crippen LogP contribution in [-0.4, -0.2) is 21.2 Å². The summed E-state index contributed by atoms with van der Waals surface area (Å²) in [5.74, 6) is -0.226. The van der Waals surface area contributed by atoms with Crippen molar-refractivity contribution in [2.75, 3.05) is 0 Å². The first kappa shape index (κ1) is 9.53. The second-order valence-electron chi connectivity index (χ2n) is 3.71. The van der Waals surface area contributed by atoms with Gasteiger partial charge in [0.1, 0.15) is 5.56 Å². The molecule has 5 nitrogen and oxygen atoms in total. The van der Waals surface area contributed by atoms with Crippen molar-refractivity contribution >= 4 is 17.3 Å². The molecular formula is C10H8N2O3S. The van der Waals surface area contributed by atoms with Gasteiger partial charge in [0.15, 0.2) is 5.76 Å². The molecule has 0 amide bonds. The highest BCUT2D eigenvalue weighted by Gasteiger charge is 2.31. The van der Waals surface area contributed by atoms with E-state index in [1.54, 1.807) is 5.51 Å². The van der Waals surface area contributed by atoms with Gasteiger partial charge in [-0.05, 0) is 12.8 Å². The molecule has 1 saturated carbocycles. The number of aromatic carboxylic acids is 1. The van der Waals surface area contributed by atoms with Crippen LogP contribution < -0.4 is 0 Å². The van der Waals surface area contributed by atoms with Crippen molar-refractivity contribution in [3.05, 3.63) is 23.0 Å². The number of carboxylic acid groups (broad SMARTS) is 1. The van der Waals surface area contributed by atoms with E-state index in [4.69, 9.17) is 9.63 Å². The predicted octanol–water partition coefficient (Wildman–Crippen LogP) is 2.37. The van der Waals surface area contributed by atoms with Crippen molar-refractivity contribution < 1.29 is 14.4 Å². The summed E-state index contributed by atoms with van der Waals surface area (Å²) in [6, 6.07) is 0. The first-order valence-electron chi connectivity index (χ1n) is 4.89. The third kappa shape index (κ3) is 1.42. The van der Waals surface area contributed by atoms with Crippen LogP contribution in [0.15, 0.2) is 16.2 Å². The summed E-state index contributed by atoms with van der Waals surface area (Å²) in [6.45, 7) is 0. The lowest BCUT2D eigenvalue weighted by Crippen LogP contribution is -1.96. The Labute approximate surface area is 94.7 Å². The van der Waals surface area contributed by atoms with Gasteiger partial charge in [-0.15, -0.1) is 11.3 Å². The van der Waals surface area contributed by atoms with Crippen LogP contribution >= 0.6 is 11.3 Å². The average Bonchev–Trinajstić information content (AvgIpc) is 2.82. The summed E-state index contributed by atoms with van der Waals surface area (Å²) in [6.07, 6.45) is 3.47. The number of hydrogen-bond donors (Lipinski definition) is 1. The van der Waals surface area contributed by atoms with E-state index in [9.17, 15) is 4.79 Å². The molecule has 1 aliphatic rings. The lowest BCUT2D eigenvalue weighted by atomic mass is 10.1. The highest BCUT2D eigenvalue weighted by molar-refractivity contribution is 7.13. The standard InChI is InChI=1S/C10H8N2O3S/c13-10(14)6-3-12-15-8(6)9-7(5-1-2-5)11-4-16-9/h3-5H,1-2H2,(H,13,14). The van der Waals surface area contributed by atoms with Gasteiger partial charge in [0.2, 0.25) is 0 Å². The van der Waals surface area contributed by atoms with E-state index in [0.717, 1.165) is 23.4 Å². The SMILES string of the molecule is O=C(O)c1cnoc1-c1scnc1C1CC1. The molecule has 0 aliphatic heterocycles. The third-order valence-corrected chi connectivity index (χ3v) is 3.41. The highest BCUT2D eigenvalue weighted by Crippen LogP contribution is 2.45. The maximum atomic E-state index is 11.0. The number of rotatable bonds is 3. The van der Waals surface area contributed by atoms with Crippen LogP contribution in [0.25, 0.3) is 10.6 Å². The van der Waals surface area contributed by atoms with Crippen LogP contribution in [0, 0.1) is 0 Å². The van der Waals surface area contributed by atoms with Gasteiger partial charge in [0.05, 0.1) is 22.3 Å². The Morgan fingerprint density at radius 3 is 3.06 bits per heavy atom. The van der Waals surface area contributed by atoms with Crippen molar-refractivity contribution in [3.8, 4) is 10.6 Å². The van der Waals surface area contributed by atoms with Crippen LogP contribution in [0.1, 0.15) is 34.8 Å². The maximum absolute atomic E-state index is 11.0. The molecule has 0 atom stereocenters. The van der Waals surface area contributed by atoms with Gasteiger partial charge in [0.25, 0.3) is 0 Å². The second-order valence-corrected chi connectivity index (χ2v) is 4.57. The summed E-state index contributed by atoms with van der Waals surface area (Å²) < 4.78 is 5.03. The monoisotopic (exact) mass is 236 g/mol. The van der Waals surface area contributed by atoms with Gasteiger partial charge < -0.3 is 9.63 Å². The molecule has 16 heavy (non-hydrogen) atoms. The molecule has 82 valence electrons. The van der Waals surface area contributed by atoms with E-state index in [0.29, 0.717) is 11.7 Å². The summed E-state index contributed by atoms with van der Waals surface area (Å²) in [7, 11) is 0. The average molecular weight is 236 g/mol. The molecule has 1 fully saturated rings. The van der Waals surface area contributed by atoms with Gasteiger partial charge >= 0.3 is 5.97 Å². The number of carboxylic acids is 1. The number of aromatic nitrogens is 2. The third-order valence-electron chi connectivity index (χ3n) is 2.57. The van der Waals surface area contributed by atoms with Crippen molar-refractivity contribution in [2.24, 2.45) is 0 Å². The fourth-order valence-corrected chi connectivity index (χ4v) is 2.49. The Hall–Kier alpha value is -1.69. The molecule has 6 heteroatoms. The van der Waals surface area contributed by atoms with E-state index in [1.807, 2.05) is 0 Å². The first-order valence-corrected chi connectivity index (χ1v) is 5.77. The predicted molar refractivity (Wildman–Crippen MR) is 56.5 cm³/mol. The smallest absolute Gasteiger partial charge is 0.341 e. The van der Waals surface area contributed by atoms with Crippen LogP contribution in [-0.2, 0) is 0 Å². The fourth-order valence-electron chi connectivity index (χ4n) is 1.63.